The van der Waals surface area contributed by atoms with Crippen molar-refractivity contribution in [2.75, 3.05) is 7.11 Å². The summed E-state index contributed by atoms with van der Waals surface area (Å²) >= 11 is 1.75. The third-order valence-electron chi connectivity index (χ3n) is 7.46. The van der Waals surface area contributed by atoms with Crippen LogP contribution in [0.5, 0.6) is 0 Å². The molecule has 0 aromatic heterocycles. The van der Waals surface area contributed by atoms with Gasteiger partial charge in [0.15, 0.2) is 11.2 Å². The van der Waals surface area contributed by atoms with E-state index in [1.807, 2.05) is 18.2 Å². The second kappa shape index (κ2) is 9.04. The van der Waals surface area contributed by atoms with Gasteiger partial charge in [-0.25, -0.2) is 0 Å². The lowest BCUT2D eigenvalue weighted by atomic mass is 9.65. The highest BCUT2D eigenvalue weighted by molar-refractivity contribution is 8.00. The summed E-state index contributed by atoms with van der Waals surface area (Å²) in [4.78, 5) is 28.5. The van der Waals surface area contributed by atoms with E-state index < -0.39 is 17.1 Å². The molecule has 2 heterocycles. The van der Waals surface area contributed by atoms with E-state index in [1.54, 1.807) is 11.8 Å². The van der Waals surface area contributed by atoms with Crippen LogP contribution in [-0.2, 0) is 19.1 Å². The number of thioether (sulfide) groups is 1. The minimum atomic E-state index is -1.17. The van der Waals surface area contributed by atoms with Gasteiger partial charge in [0.1, 0.15) is 0 Å². The van der Waals surface area contributed by atoms with Gasteiger partial charge in [0.2, 0.25) is 0 Å². The number of ether oxygens (including phenoxy) is 2. The quantitative estimate of drug-likeness (QED) is 0.463. The average Bonchev–Trinajstić information content (AvgIpc) is 3.05. The number of rotatable bonds is 3. The van der Waals surface area contributed by atoms with E-state index in [1.165, 1.54) is 26.4 Å². The van der Waals surface area contributed by atoms with Crippen molar-refractivity contribution in [1.29, 1.82) is 0 Å². The van der Waals surface area contributed by atoms with Gasteiger partial charge in [-0.3, -0.25) is 9.59 Å². The summed E-state index contributed by atoms with van der Waals surface area (Å²) in [5.74, 6) is -0.527. The summed E-state index contributed by atoms with van der Waals surface area (Å²) in [6.07, 6.45) is 9.46. The number of carbonyl (C=O) groups is 2. The van der Waals surface area contributed by atoms with Crippen LogP contribution in [0, 0.1) is 11.3 Å². The first kappa shape index (κ1) is 21.9. The van der Waals surface area contributed by atoms with Gasteiger partial charge in [0.25, 0.3) is 0 Å². The molecule has 3 aliphatic rings. The Bertz CT molecular complexity index is 766. The van der Waals surface area contributed by atoms with Crippen molar-refractivity contribution in [1.82, 2.24) is 0 Å². The van der Waals surface area contributed by atoms with E-state index in [0.717, 1.165) is 43.4 Å². The molecular formula is C25H34O4S. The molecule has 0 radical (unpaired) electrons. The Morgan fingerprint density at radius 1 is 1.07 bits per heavy atom. The third kappa shape index (κ3) is 3.84. The van der Waals surface area contributed by atoms with Crippen molar-refractivity contribution in [2.45, 2.75) is 93.0 Å². The van der Waals surface area contributed by atoms with Crippen molar-refractivity contribution in [3.05, 3.63) is 30.3 Å². The van der Waals surface area contributed by atoms with Gasteiger partial charge in [-0.15, -0.1) is 11.8 Å². The first-order chi connectivity index (χ1) is 14.5. The summed E-state index contributed by atoms with van der Waals surface area (Å²) in [6, 6.07) is 10.3. The second-order valence-electron chi connectivity index (χ2n) is 9.42. The molecule has 4 nitrogen and oxygen atoms in total. The number of hydrogen-bond acceptors (Lipinski definition) is 5. The highest BCUT2D eigenvalue weighted by atomic mass is 32.2. The largest absolute Gasteiger partial charge is 0.468 e. The van der Waals surface area contributed by atoms with Crippen molar-refractivity contribution in [3.8, 4) is 0 Å². The van der Waals surface area contributed by atoms with Crippen molar-refractivity contribution < 1.29 is 19.1 Å². The van der Waals surface area contributed by atoms with Crippen LogP contribution in [0.2, 0.25) is 0 Å². The molecule has 2 aliphatic heterocycles. The van der Waals surface area contributed by atoms with E-state index in [-0.39, 0.29) is 22.9 Å². The Balaban J connectivity index is 1.74. The highest BCUT2D eigenvalue weighted by Gasteiger charge is 2.69. The topological polar surface area (TPSA) is 52.6 Å². The maximum Gasteiger partial charge on any atom is 0.322 e. The van der Waals surface area contributed by atoms with Crippen molar-refractivity contribution in [2.24, 2.45) is 11.3 Å². The number of benzene rings is 1. The van der Waals surface area contributed by atoms with E-state index in [0.29, 0.717) is 6.42 Å². The van der Waals surface area contributed by atoms with Crippen LogP contribution in [0.25, 0.3) is 0 Å². The number of esters is 1. The number of ketones is 1. The molecule has 0 spiro atoms. The van der Waals surface area contributed by atoms with Gasteiger partial charge in [0, 0.05) is 16.1 Å². The molecule has 1 aromatic rings. The molecule has 3 fully saturated rings. The number of hydrogen-bond donors (Lipinski definition) is 0. The van der Waals surface area contributed by atoms with Crippen LogP contribution >= 0.6 is 11.8 Å². The van der Waals surface area contributed by atoms with Gasteiger partial charge >= 0.3 is 5.97 Å². The minimum absolute atomic E-state index is 0.0654. The van der Waals surface area contributed by atoms with Crippen LogP contribution in [0.3, 0.4) is 0 Å². The minimum Gasteiger partial charge on any atom is -0.468 e. The molecule has 1 aromatic carbocycles. The van der Waals surface area contributed by atoms with E-state index in [4.69, 9.17) is 9.47 Å². The van der Waals surface area contributed by atoms with Gasteiger partial charge in [-0.2, -0.15) is 0 Å². The fourth-order valence-electron chi connectivity index (χ4n) is 5.91. The van der Waals surface area contributed by atoms with Gasteiger partial charge < -0.3 is 9.47 Å². The summed E-state index contributed by atoms with van der Waals surface area (Å²) in [5.41, 5.74) is -1.66. The van der Waals surface area contributed by atoms with E-state index >= 15 is 0 Å². The standard InChI is InChI=1S/C25H34O4S/c1-24-17-20(30-18-13-9-8-10-14-18)22(29-24)25(23(27)28-2)16-12-7-5-3-4-6-11-15-19(24)21(25)26/h8-10,13-14,19-20,22H,3-7,11-12,15-17H2,1-2H3/t19-,20-,22+,24-,25+/m0/s1. The maximum atomic E-state index is 14.0. The number of Topliss-reactive ketones (excluding diaryl/α,β-unsaturated/α-hetero) is 1. The zero-order chi connectivity index (χ0) is 21.2. The van der Waals surface area contributed by atoms with Crippen LogP contribution in [0.4, 0.5) is 0 Å². The molecule has 164 valence electrons. The molecular weight excluding hydrogens is 396 g/mol. The smallest absolute Gasteiger partial charge is 0.322 e. The summed E-state index contributed by atoms with van der Waals surface area (Å²) < 4.78 is 12.0. The van der Waals surface area contributed by atoms with Crippen LogP contribution in [0.1, 0.15) is 71.1 Å². The van der Waals surface area contributed by atoms with Gasteiger partial charge in [-0.1, -0.05) is 63.1 Å². The molecule has 0 unspecified atom stereocenters. The fourth-order valence-corrected chi connectivity index (χ4v) is 7.40. The van der Waals surface area contributed by atoms with E-state index in [2.05, 4.69) is 19.1 Å². The van der Waals surface area contributed by atoms with E-state index in [9.17, 15) is 9.59 Å². The first-order valence-electron chi connectivity index (χ1n) is 11.5. The molecule has 1 aliphatic carbocycles. The Morgan fingerprint density at radius 2 is 1.73 bits per heavy atom. The Labute approximate surface area is 184 Å². The Kier molecular flexibility index (Phi) is 6.59. The molecule has 30 heavy (non-hydrogen) atoms. The number of methoxy groups -OCH3 is 1. The second-order valence-corrected chi connectivity index (χ2v) is 10.7. The van der Waals surface area contributed by atoms with Crippen LogP contribution in [0.15, 0.2) is 35.2 Å². The fraction of sp³-hybridized carbons (Fsp3) is 0.680. The molecule has 0 N–H and O–H groups in total. The molecule has 1 saturated carbocycles. The zero-order valence-corrected chi connectivity index (χ0v) is 19.0. The normalized spacial score (nSPS) is 37.1. The summed E-state index contributed by atoms with van der Waals surface area (Å²) in [6.45, 7) is 2.10. The lowest BCUT2D eigenvalue weighted by molar-refractivity contribution is -0.197. The average molecular weight is 431 g/mol. The predicted octanol–water partition coefficient (Wildman–Crippen LogP) is 5.58. The highest BCUT2D eigenvalue weighted by Crippen LogP contribution is 2.58. The Morgan fingerprint density at radius 3 is 2.43 bits per heavy atom. The van der Waals surface area contributed by atoms with Crippen molar-refractivity contribution in [3.63, 3.8) is 0 Å². The number of fused-ring (bicyclic) bond motifs is 6. The predicted molar refractivity (Wildman–Crippen MR) is 118 cm³/mol. The van der Waals surface area contributed by atoms with Crippen LogP contribution in [-0.4, -0.2) is 35.8 Å². The zero-order valence-electron chi connectivity index (χ0n) is 18.2. The molecule has 5 atom stereocenters. The monoisotopic (exact) mass is 430 g/mol. The van der Waals surface area contributed by atoms with Gasteiger partial charge in [-0.05, 0) is 38.3 Å². The summed E-state index contributed by atoms with van der Waals surface area (Å²) in [7, 11) is 1.41. The summed E-state index contributed by atoms with van der Waals surface area (Å²) in [5, 5.41) is 0.0654. The molecule has 4 bridgehead atoms. The molecule has 0 amide bonds. The molecule has 2 saturated heterocycles. The number of carbonyl (C=O) groups excluding carboxylic acids is 2. The third-order valence-corrected chi connectivity index (χ3v) is 8.72. The SMILES string of the molecule is COC(=O)[C@]12CCCCCCCCC[C@@H](C1=O)[C@]1(C)C[C@H](Sc3ccccc3)[C@H]2O1. The lowest BCUT2D eigenvalue weighted by Gasteiger charge is -2.47. The maximum absolute atomic E-state index is 14.0. The van der Waals surface area contributed by atoms with Crippen molar-refractivity contribution >= 4 is 23.5 Å². The van der Waals surface area contributed by atoms with Crippen LogP contribution < -0.4 is 0 Å². The van der Waals surface area contributed by atoms with Gasteiger partial charge in [0.05, 0.1) is 18.8 Å². The lowest BCUT2D eigenvalue weighted by Crippen LogP contribution is -2.61. The molecule has 4 rings (SSSR count). The molecule has 5 heteroatoms. The Hall–Kier alpha value is -1.33. The first-order valence-corrected chi connectivity index (χ1v) is 12.4.